The molecule has 132 valence electrons. The molecule has 0 spiro atoms. The number of rotatable bonds is 5. The first kappa shape index (κ1) is 17.8. The predicted molar refractivity (Wildman–Crippen MR) is 94.2 cm³/mol. The zero-order valence-corrected chi connectivity index (χ0v) is 14.4. The smallest absolute Gasteiger partial charge is 0.254 e. The zero-order chi connectivity index (χ0) is 17.6. The standard InChI is InChI=1S/C18H19ClFN3O2/c19-15-2-1-5-21-17(15)13-3-4-14(16(20)12-13)18(24)22-6-7-23-8-10-25-11-9-23/h1-5,12H,6-11H2,(H,22,24). The van der Waals surface area contributed by atoms with Crippen LogP contribution >= 0.6 is 11.6 Å². The molecule has 1 saturated heterocycles. The number of aromatic nitrogens is 1. The summed E-state index contributed by atoms with van der Waals surface area (Å²) in [6.07, 6.45) is 1.59. The van der Waals surface area contributed by atoms with Crippen LogP contribution in [0.5, 0.6) is 0 Å². The van der Waals surface area contributed by atoms with Crippen LogP contribution in [0, 0.1) is 5.82 Å². The molecule has 1 fully saturated rings. The number of pyridine rings is 1. The van der Waals surface area contributed by atoms with Gasteiger partial charge in [-0.1, -0.05) is 17.7 Å². The third-order valence-electron chi connectivity index (χ3n) is 4.06. The van der Waals surface area contributed by atoms with Crippen molar-refractivity contribution in [2.24, 2.45) is 0 Å². The van der Waals surface area contributed by atoms with Crippen LogP contribution in [0.15, 0.2) is 36.5 Å². The molecule has 1 aliphatic rings. The van der Waals surface area contributed by atoms with Gasteiger partial charge in [0.25, 0.3) is 5.91 Å². The summed E-state index contributed by atoms with van der Waals surface area (Å²) in [6, 6.07) is 7.78. The maximum absolute atomic E-state index is 14.3. The van der Waals surface area contributed by atoms with Gasteiger partial charge in [-0.3, -0.25) is 14.7 Å². The van der Waals surface area contributed by atoms with E-state index < -0.39 is 11.7 Å². The van der Waals surface area contributed by atoms with E-state index in [9.17, 15) is 9.18 Å². The first-order chi connectivity index (χ1) is 12.1. The lowest BCUT2D eigenvalue weighted by atomic mass is 10.1. The minimum atomic E-state index is -0.594. The summed E-state index contributed by atoms with van der Waals surface area (Å²) in [5, 5.41) is 3.19. The Hall–Kier alpha value is -2.02. The van der Waals surface area contributed by atoms with Crippen molar-refractivity contribution in [3.8, 4) is 11.3 Å². The molecule has 7 heteroatoms. The van der Waals surface area contributed by atoms with Gasteiger partial charge in [0, 0.05) is 37.9 Å². The van der Waals surface area contributed by atoms with E-state index in [-0.39, 0.29) is 5.56 Å². The van der Waals surface area contributed by atoms with Crippen LogP contribution in [0.4, 0.5) is 4.39 Å². The molecule has 0 saturated carbocycles. The molecule has 0 radical (unpaired) electrons. The molecule has 2 aromatic rings. The second-order valence-electron chi connectivity index (χ2n) is 5.74. The molecule has 0 aliphatic carbocycles. The van der Waals surface area contributed by atoms with Crippen molar-refractivity contribution in [2.75, 3.05) is 39.4 Å². The van der Waals surface area contributed by atoms with Crippen molar-refractivity contribution in [1.29, 1.82) is 0 Å². The largest absolute Gasteiger partial charge is 0.379 e. The monoisotopic (exact) mass is 363 g/mol. The fourth-order valence-electron chi connectivity index (χ4n) is 2.69. The van der Waals surface area contributed by atoms with Crippen molar-refractivity contribution in [2.45, 2.75) is 0 Å². The van der Waals surface area contributed by atoms with E-state index in [0.29, 0.717) is 36.0 Å². The zero-order valence-electron chi connectivity index (χ0n) is 13.7. The molecule has 3 rings (SSSR count). The van der Waals surface area contributed by atoms with Crippen LogP contribution in [0.25, 0.3) is 11.3 Å². The number of morpholine rings is 1. The Kier molecular flexibility index (Phi) is 5.96. The molecule has 25 heavy (non-hydrogen) atoms. The maximum Gasteiger partial charge on any atom is 0.254 e. The first-order valence-electron chi connectivity index (χ1n) is 8.14. The van der Waals surface area contributed by atoms with Crippen molar-refractivity contribution < 1.29 is 13.9 Å². The van der Waals surface area contributed by atoms with E-state index in [1.807, 2.05) is 0 Å². The second-order valence-corrected chi connectivity index (χ2v) is 6.15. The first-order valence-corrected chi connectivity index (χ1v) is 8.51. The highest BCUT2D eigenvalue weighted by atomic mass is 35.5. The number of benzene rings is 1. The third-order valence-corrected chi connectivity index (χ3v) is 4.37. The number of carbonyl (C=O) groups excluding carboxylic acids is 1. The van der Waals surface area contributed by atoms with Crippen molar-refractivity contribution in [3.05, 3.63) is 52.9 Å². The van der Waals surface area contributed by atoms with Gasteiger partial charge >= 0.3 is 0 Å². The third kappa shape index (κ3) is 4.54. The Morgan fingerprint density at radius 3 is 2.84 bits per heavy atom. The summed E-state index contributed by atoms with van der Waals surface area (Å²) in [4.78, 5) is 18.5. The summed E-state index contributed by atoms with van der Waals surface area (Å²) in [7, 11) is 0. The average Bonchev–Trinajstić information content (AvgIpc) is 2.63. The lowest BCUT2D eigenvalue weighted by Gasteiger charge is -2.26. The second kappa shape index (κ2) is 8.38. The van der Waals surface area contributed by atoms with Crippen LogP contribution in [0.3, 0.4) is 0 Å². The van der Waals surface area contributed by atoms with E-state index in [0.717, 1.165) is 19.6 Å². The topological polar surface area (TPSA) is 54.5 Å². The molecular formula is C18H19ClFN3O2. The minimum Gasteiger partial charge on any atom is -0.379 e. The van der Waals surface area contributed by atoms with Gasteiger partial charge < -0.3 is 10.1 Å². The molecule has 0 unspecified atom stereocenters. The number of carbonyl (C=O) groups is 1. The summed E-state index contributed by atoms with van der Waals surface area (Å²) in [6.45, 7) is 4.30. The maximum atomic E-state index is 14.3. The number of hydrogen-bond acceptors (Lipinski definition) is 4. The summed E-state index contributed by atoms with van der Waals surface area (Å²) in [5.74, 6) is -1.02. The molecule has 2 heterocycles. The Bertz CT molecular complexity index is 751. The number of hydrogen-bond donors (Lipinski definition) is 1. The van der Waals surface area contributed by atoms with Gasteiger partial charge in [0.15, 0.2) is 0 Å². The summed E-state index contributed by atoms with van der Waals surface area (Å²) >= 11 is 6.08. The van der Waals surface area contributed by atoms with Gasteiger partial charge in [-0.2, -0.15) is 0 Å². The SMILES string of the molecule is O=C(NCCN1CCOCC1)c1ccc(-c2ncccc2Cl)cc1F. The quantitative estimate of drug-likeness (QED) is 0.887. The van der Waals surface area contributed by atoms with Gasteiger partial charge in [-0.25, -0.2) is 4.39 Å². The van der Waals surface area contributed by atoms with Crippen LogP contribution in [0.2, 0.25) is 5.02 Å². The fraction of sp³-hybridized carbons (Fsp3) is 0.333. The minimum absolute atomic E-state index is 0.0118. The molecule has 1 aromatic heterocycles. The Morgan fingerprint density at radius 2 is 2.12 bits per heavy atom. The summed E-state index contributed by atoms with van der Waals surface area (Å²) < 4.78 is 19.6. The Morgan fingerprint density at radius 1 is 1.32 bits per heavy atom. The molecule has 1 N–H and O–H groups in total. The van der Waals surface area contributed by atoms with Gasteiger partial charge in [0.05, 0.1) is 29.5 Å². The lowest BCUT2D eigenvalue weighted by molar-refractivity contribution is 0.0383. The van der Waals surface area contributed by atoms with Gasteiger partial charge in [0.1, 0.15) is 5.82 Å². The van der Waals surface area contributed by atoms with E-state index in [4.69, 9.17) is 16.3 Å². The number of ether oxygens (including phenoxy) is 1. The number of halogens is 2. The van der Waals surface area contributed by atoms with Crippen LogP contribution in [-0.4, -0.2) is 55.2 Å². The van der Waals surface area contributed by atoms with E-state index in [1.165, 1.54) is 12.1 Å². The van der Waals surface area contributed by atoms with Crippen LogP contribution in [-0.2, 0) is 4.74 Å². The average molecular weight is 364 g/mol. The predicted octanol–water partition coefficient (Wildman–Crippen LogP) is 2.60. The fourth-order valence-corrected chi connectivity index (χ4v) is 2.92. The highest BCUT2D eigenvalue weighted by Crippen LogP contribution is 2.26. The van der Waals surface area contributed by atoms with E-state index >= 15 is 0 Å². The van der Waals surface area contributed by atoms with Crippen LogP contribution in [0.1, 0.15) is 10.4 Å². The van der Waals surface area contributed by atoms with Gasteiger partial charge in [-0.15, -0.1) is 0 Å². The van der Waals surface area contributed by atoms with Crippen LogP contribution < -0.4 is 5.32 Å². The van der Waals surface area contributed by atoms with Gasteiger partial charge in [-0.05, 0) is 24.3 Å². The highest BCUT2D eigenvalue weighted by Gasteiger charge is 2.15. The molecule has 1 aliphatic heterocycles. The Labute approximate surface area is 150 Å². The lowest BCUT2D eigenvalue weighted by Crippen LogP contribution is -2.41. The number of amides is 1. The highest BCUT2D eigenvalue weighted by molar-refractivity contribution is 6.33. The normalized spacial score (nSPS) is 15.1. The molecule has 5 nitrogen and oxygen atoms in total. The number of nitrogens with one attached hydrogen (secondary N) is 1. The number of nitrogens with zero attached hydrogens (tertiary/aromatic N) is 2. The van der Waals surface area contributed by atoms with E-state index in [2.05, 4.69) is 15.2 Å². The molecular weight excluding hydrogens is 345 g/mol. The molecule has 1 aromatic carbocycles. The molecule has 0 atom stereocenters. The van der Waals surface area contributed by atoms with Crippen molar-refractivity contribution in [1.82, 2.24) is 15.2 Å². The Balaban J connectivity index is 1.62. The molecule has 0 bridgehead atoms. The van der Waals surface area contributed by atoms with Crippen molar-refractivity contribution in [3.63, 3.8) is 0 Å². The van der Waals surface area contributed by atoms with E-state index in [1.54, 1.807) is 24.4 Å². The van der Waals surface area contributed by atoms with Gasteiger partial charge in [0.2, 0.25) is 0 Å². The summed E-state index contributed by atoms with van der Waals surface area (Å²) in [5.41, 5.74) is 1.04. The van der Waals surface area contributed by atoms with Crippen molar-refractivity contribution >= 4 is 17.5 Å². The molecule has 1 amide bonds.